The van der Waals surface area contributed by atoms with E-state index in [2.05, 4.69) is 15.0 Å². The van der Waals surface area contributed by atoms with Crippen molar-refractivity contribution in [2.24, 2.45) is 0 Å². The average Bonchev–Trinajstić information content (AvgIpc) is 3.23. The molecule has 1 atom stereocenters. The Bertz CT molecular complexity index is 1360. The molecule has 0 saturated carbocycles. The van der Waals surface area contributed by atoms with Crippen molar-refractivity contribution in [1.82, 2.24) is 15.0 Å². The zero-order valence-corrected chi connectivity index (χ0v) is 18.6. The van der Waals surface area contributed by atoms with Crippen molar-refractivity contribution in [3.05, 3.63) is 77.6 Å². The summed E-state index contributed by atoms with van der Waals surface area (Å²) in [5.41, 5.74) is 2.11. The number of H-pyrrole nitrogens is 1. The fraction of sp³-hybridized carbons (Fsp3) is 0.174. The highest BCUT2D eigenvalue weighted by molar-refractivity contribution is 7.84. The number of pyridine rings is 1. The number of carbonyl (C=O) groups is 1. The first kappa shape index (κ1) is 23.4. The van der Waals surface area contributed by atoms with Crippen LogP contribution in [0.5, 0.6) is 11.5 Å². The fourth-order valence-electron chi connectivity index (χ4n) is 3.09. The Hall–Kier alpha value is -3.73. The monoisotopic (exact) mass is 489 g/mol. The molecule has 2 heterocycles. The maximum atomic E-state index is 12.9. The van der Waals surface area contributed by atoms with Crippen LogP contribution in [-0.2, 0) is 16.6 Å². The van der Waals surface area contributed by atoms with Crippen molar-refractivity contribution in [2.75, 3.05) is 6.61 Å². The van der Waals surface area contributed by atoms with Gasteiger partial charge in [-0.05, 0) is 37.3 Å². The van der Waals surface area contributed by atoms with Gasteiger partial charge in [0, 0.05) is 17.8 Å². The lowest BCUT2D eigenvalue weighted by Gasteiger charge is -2.13. The van der Waals surface area contributed by atoms with Crippen molar-refractivity contribution in [3.63, 3.8) is 0 Å². The summed E-state index contributed by atoms with van der Waals surface area (Å²) in [6.45, 7) is 0.123. The quantitative estimate of drug-likeness (QED) is 0.298. The lowest BCUT2D eigenvalue weighted by molar-refractivity contribution is -0.153. The zero-order chi connectivity index (χ0) is 24.3. The molecule has 0 spiro atoms. The number of nitrogens with one attached hydrogen (secondary N) is 1. The van der Waals surface area contributed by atoms with Gasteiger partial charge in [0.25, 0.3) is 0 Å². The highest BCUT2D eigenvalue weighted by atomic mass is 32.2. The van der Waals surface area contributed by atoms with E-state index in [0.29, 0.717) is 27.9 Å². The largest absolute Gasteiger partial charge is 0.484 e. The fourth-order valence-corrected chi connectivity index (χ4v) is 4.19. The minimum atomic E-state index is -4.47. The molecule has 0 aliphatic carbocycles. The Morgan fingerprint density at radius 2 is 1.88 bits per heavy atom. The molecule has 0 fully saturated rings. The Labute approximate surface area is 194 Å². The number of fused-ring (bicyclic) bond motifs is 1. The van der Waals surface area contributed by atoms with Crippen LogP contribution in [0.4, 0.5) is 13.2 Å². The van der Waals surface area contributed by atoms with E-state index < -0.39 is 29.6 Å². The second-order valence-corrected chi connectivity index (χ2v) is 8.62. The van der Waals surface area contributed by atoms with Gasteiger partial charge in [0.05, 0.1) is 38.8 Å². The topological polar surface area (TPSA) is 94.2 Å². The zero-order valence-electron chi connectivity index (χ0n) is 17.8. The van der Waals surface area contributed by atoms with Crippen LogP contribution in [-0.4, -0.2) is 37.9 Å². The summed E-state index contributed by atoms with van der Waals surface area (Å²) in [6.07, 6.45) is -3.17. The molecule has 2 aromatic carbocycles. The number of aromatic amines is 1. The van der Waals surface area contributed by atoms with Crippen LogP contribution in [0.1, 0.15) is 21.6 Å². The molecule has 0 saturated heterocycles. The van der Waals surface area contributed by atoms with Gasteiger partial charge < -0.3 is 14.5 Å². The van der Waals surface area contributed by atoms with E-state index in [1.165, 1.54) is 12.3 Å². The maximum Gasteiger partial charge on any atom is 0.422 e. The van der Waals surface area contributed by atoms with Crippen LogP contribution in [0.15, 0.2) is 66.0 Å². The molecule has 0 unspecified atom stereocenters. The van der Waals surface area contributed by atoms with Crippen LogP contribution in [0.3, 0.4) is 0 Å². The van der Waals surface area contributed by atoms with Crippen LogP contribution < -0.4 is 9.47 Å². The number of nitrogens with zero attached hydrogens (tertiary/aromatic N) is 2. The van der Waals surface area contributed by atoms with Crippen LogP contribution >= 0.6 is 0 Å². The molecule has 0 radical (unpaired) electrons. The first-order valence-corrected chi connectivity index (χ1v) is 11.3. The Balaban J connectivity index is 1.49. The molecule has 2 aromatic heterocycles. The number of halogens is 3. The molecule has 0 aliphatic rings. The second-order valence-electron chi connectivity index (χ2n) is 7.25. The van der Waals surface area contributed by atoms with E-state index >= 15 is 0 Å². The number of ether oxygens (including phenoxy) is 2. The molecular weight excluding hydrogens is 471 g/mol. The number of esters is 1. The third kappa shape index (κ3) is 5.60. The lowest BCUT2D eigenvalue weighted by atomic mass is 10.2. The van der Waals surface area contributed by atoms with Gasteiger partial charge in [-0.3, -0.25) is 9.19 Å². The molecule has 4 aromatic rings. The average molecular weight is 489 g/mol. The summed E-state index contributed by atoms with van der Waals surface area (Å²) in [7, 11) is -1.67. The van der Waals surface area contributed by atoms with Crippen molar-refractivity contribution >= 4 is 27.8 Å². The smallest absolute Gasteiger partial charge is 0.422 e. The van der Waals surface area contributed by atoms with Crippen molar-refractivity contribution < 1.29 is 31.6 Å². The number of benzene rings is 2. The first-order valence-electron chi connectivity index (χ1n) is 9.99. The predicted molar refractivity (Wildman–Crippen MR) is 118 cm³/mol. The van der Waals surface area contributed by atoms with Gasteiger partial charge in [0.2, 0.25) is 0 Å². The molecular formula is C23H18F3N3O4S. The summed E-state index contributed by atoms with van der Waals surface area (Å²) >= 11 is 0. The van der Waals surface area contributed by atoms with Gasteiger partial charge in [-0.25, -0.2) is 9.78 Å². The molecule has 11 heteroatoms. The number of alkyl halides is 3. The predicted octanol–water partition coefficient (Wildman–Crippen LogP) is 4.73. The van der Waals surface area contributed by atoms with Crippen molar-refractivity contribution in [3.8, 4) is 11.5 Å². The molecule has 0 aliphatic heterocycles. The molecule has 1 N–H and O–H groups in total. The third-order valence-electron chi connectivity index (χ3n) is 4.79. The maximum absolute atomic E-state index is 12.9. The van der Waals surface area contributed by atoms with Crippen molar-refractivity contribution in [2.45, 2.75) is 24.0 Å². The van der Waals surface area contributed by atoms with Crippen LogP contribution in [0, 0.1) is 6.92 Å². The molecule has 4 rings (SSSR count). The Morgan fingerprint density at radius 3 is 2.62 bits per heavy atom. The number of hydrogen-bond donors (Lipinski definition) is 1. The summed E-state index contributed by atoms with van der Waals surface area (Å²) in [4.78, 5) is 23.6. The van der Waals surface area contributed by atoms with Crippen LogP contribution in [0.2, 0.25) is 0 Å². The van der Waals surface area contributed by atoms with E-state index in [-0.39, 0.29) is 22.4 Å². The molecule has 0 bridgehead atoms. The highest BCUT2D eigenvalue weighted by Gasteiger charge is 2.29. The number of imidazole rings is 1. The normalized spacial score (nSPS) is 12.5. The van der Waals surface area contributed by atoms with Gasteiger partial charge in [0.15, 0.2) is 11.8 Å². The van der Waals surface area contributed by atoms with E-state index in [9.17, 15) is 22.2 Å². The number of aromatic nitrogens is 3. The lowest BCUT2D eigenvalue weighted by Crippen LogP contribution is -2.19. The number of rotatable bonds is 7. The molecule has 0 amide bonds. The van der Waals surface area contributed by atoms with E-state index in [1.54, 1.807) is 55.5 Å². The van der Waals surface area contributed by atoms with Crippen LogP contribution in [0.25, 0.3) is 11.0 Å². The summed E-state index contributed by atoms with van der Waals surface area (Å²) < 4.78 is 60.5. The first-order chi connectivity index (χ1) is 16.2. The minimum absolute atomic E-state index is 0.0220. The van der Waals surface area contributed by atoms with Gasteiger partial charge in [0.1, 0.15) is 11.5 Å². The van der Waals surface area contributed by atoms with Gasteiger partial charge in [-0.1, -0.05) is 18.2 Å². The van der Waals surface area contributed by atoms with Gasteiger partial charge in [-0.15, -0.1) is 0 Å². The SMILES string of the molecule is Cc1c(OCC(F)(F)F)ccnc1C[S@@](=O)c1nc2ccc(OC(=O)c3ccccc3)cc2[nH]1. The highest BCUT2D eigenvalue weighted by Crippen LogP contribution is 2.26. The van der Waals surface area contributed by atoms with Crippen molar-refractivity contribution in [1.29, 1.82) is 0 Å². The standard InChI is InChI=1S/C23H18F3N3O4S/c1-14-19(27-10-9-20(14)32-13-23(24,25)26)12-34(31)22-28-17-8-7-16(11-18(17)29-22)33-21(30)15-5-3-2-4-6-15/h2-11H,12-13H2,1H3,(H,28,29)/t34-/m1/s1. The Kier molecular flexibility index (Phi) is 6.64. The van der Waals surface area contributed by atoms with E-state index in [1.807, 2.05) is 0 Å². The molecule has 7 nitrogen and oxygen atoms in total. The molecule has 176 valence electrons. The van der Waals surface area contributed by atoms with Gasteiger partial charge in [-0.2, -0.15) is 13.2 Å². The minimum Gasteiger partial charge on any atom is -0.484 e. The summed E-state index contributed by atoms with van der Waals surface area (Å²) in [5, 5.41) is 0.157. The third-order valence-corrected chi connectivity index (χ3v) is 5.95. The van der Waals surface area contributed by atoms with Gasteiger partial charge >= 0.3 is 12.1 Å². The number of carbonyl (C=O) groups excluding carboxylic acids is 1. The number of hydrogen-bond acceptors (Lipinski definition) is 6. The second kappa shape index (κ2) is 9.64. The molecule has 34 heavy (non-hydrogen) atoms. The van der Waals surface area contributed by atoms with E-state index in [4.69, 9.17) is 9.47 Å². The Morgan fingerprint density at radius 1 is 1.12 bits per heavy atom. The van der Waals surface area contributed by atoms with E-state index in [0.717, 1.165) is 0 Å². The summed E-state index contributed by atoms with van der Waals surface area (Å²) in [6, 6.07) is 14.6. The summed E-state index contributed by atoms with van der Waals surface area (Å²) in [5.74, 6) is -0.286.